The SMILES string of the molecule is Cc1ccc(C2=C(N3CCCC3)C(=O)N(Cc3ccc4c(c3)OCO4)C2=O)cc1C. The Kier molecular flexibility index (Phi) is 4.50. The first-order valence-electron chi connectivity index (χ1n) is 10.3. The molecule has 0 radical (unpaired) electrons. The summed E-state index contributed by atoms with van der Waals surface area (Å²) in [7, 11) is 0. The lowest BCUT2D eigenvalue weighted by Gasteiger charge is -2.20. The second-order valence-corrected chi connectivity index (χ2v) is 8.10. The van der Waals surface area contributed by atoms with E-state index in [1.54, 1.807) is 0 Å². The zero-order valence-electron chi connectivity index (χ0n) is 17.2. The fourth-order valence-electron chi connectivity index (χ4n) is 4.32. The molecule has 0 N–H and O–H groups in total. The van der Waals surface area contributed by atoms with Gasteiger partial charge in [-0.2, -0.15) is 0 Å². The molecular formula is C24H24N2O4. The second-order valence-electron chi connectivity index (χ2n) is 8.10. The number of hydrogen-bond donors (Lipinski definition) is 0. The average molecular weight is 404 g/mol. The Balaban J connectivity index is 1.52. The van der Waals surface area contributed by atoms with Gasteiger partial charge in [0.15, 0.2) is 11.5 Å². The first kappa shape index (κ1) is 18.7. The molecule has 2 aromatic carbocycles. The van der Waals surface area contributed by atoms with Gasteiger partial charge in [-0.25, -0.2) is 0 Å². The van der Waals surface area contributed by atoms with Crippen LogP contribution < -0.4 is 9.47 Å². The van der Waals surface area contributed by atoms with Crippen molar-refractivity contribution >= 4 is 17.4 Å². The van der Waals surface area contributed by atoms with Gasteiger partial charge in [0.25, 0.3) is 11.8 Å². The van der Waals surface area contributed by atoms with E-state index in [4.69, 9.17) is 9.47 Å². The Morgan fingerprint density at radius 3 is 2.40 bits per heavy atom. The maximum atomic E-state index is 13.5. The number of aryl methyl sites for hydroxylation is 2. The van der Waals surface area contributed by atoms with Crippen molar-refractivity contribution < 1.29 is 19.1 Å². The lowest BCUT2D eigenvalue weighted by Crippen LogP contribution is -2.34. The number of fused-ring (bicyclic) bond motifs is 1. The van der Waals surface area contributed by atoms with Crippen molar-refractivity contribution in [1.82, 2.24) is 9.80 Å². The van der Waals surface area contributed by atoms with Crippen molar-refractivity contribution in [2.24, 2.45) is 0 Å². The fraction of sp³-hybridized carbons (Fsp3) is 0.333. The molecule has 5 rings (SSSR count). The van der Waals surface area contributed by atoms with Crippen LogP contribution in [0.5, 0.6) is 11.5 Å². The molecule has 0 spiro atoms. The van der Waals surface area contributed by atoms with Gasteiger partial charge >= 0.3 is 0 Å². The molecule has 1 fully saturated rings. The number of hydrogen-bond acceptors (Lipinski definition) is 5. The minimum Gasteiger partial charge on any atom is -0.454 e. The van der Waals surface area contributed by atoms with Crippen LogP contribution in [0.1, 0.15) is 35.1 Å². The molecule has 3 heterocycles. The molecule has 30 heavy (non-hydrogen) atoms. The first-order chi connectivity index (χ1) is 14.5. The van der Waals surface area contributed by atoms with Crippen molar-refractivity contribution in [3.05, 3.63) is 64.3 Å². The Morgan fingerprint density at radius 1 is 0.867 bits per heavy atom. The zero-order valence-corrected chi connectivity index (χ0v) is 17.2. The number of rotatable bonds is 4. The van der Waals surface area contributed by atoms with E-state index in [-0.39, 0.29) is 25.2 Å². The molecule has 0 unspecified atom stereocenters. The highest BCUT2D eigenvalue weighted by Crippen LogP contribution is 2.37. The van der Waals surface area contributed by atoms with Crippen molar-refractivity contribution in [3.8, 4) is 11.5 Å². The van der Waals surface area contributed by atoms with Gasteiger partial charge in [-0.05, 0) is 61.1 Å². The van der Waals surface area contributed by atoms with E-state index in [1.165, 1.54) is 4.90 Å². The second kappa shape index (κ2) is 7.20. The third-order valence-corrected chi connectivity index (χ3v) is 6.14. The summed E-state index contributed by atoms with van der Waals surface area (Å²) in [5, 5.41) is 0. The van der Waals surface area contributed by atoms with Gasteiger partial charge in [0.1, 0.15) is 5.70 Å². The van der Waals surface area contributed by atoms with E-state index in [9.17, 15) is 9.59 Å². The molecule has 2 amide bonds. The average Bonchev–Trinajstić information content (AvgIpc) is 3.46. The third-order valence-electron chi connectivity index (χ3n) is 6.14. The summed E-state index contributed by atoms with van der Waals surface area (Å²) in [6, 6.07) is 11.5. The summed E-state index contributed by atoms with van der Waals surface area (Å²) in [5.74, 6) is 0.883. The van der Waals surface area contributed by atoms with Gasteiger partial charge in [0, 0.05) is 13.1 Å². The maximum absolute atomic E-state index is 13.5. The predicted molar refractivity (Wildman–Crippen MR) is 112 cm³/mol. The monoisotopic (exact) mass is 404 g/mol. The van der Waals surface area contributed by atoms with E-state index in [2.05, 4.69) is 4.90 Å². The lowest BCUT2D eigenvalue weighted by atomic mass is 9.99. The Hall–Kier alpha value is -3.28. The maximum Gasteiger partial charge on any atom is 0.278 e. The molecule has 1 saturated heterocycles. The molecule has 0 aliphatic carbocycles. The summed E-state index contributed by atoms with van der Waals surface area (Å²) in [6.45, 7) is 6.09. The van der Waals surface area contributed by atoms with Crippen LogP contribution in [0.15, 0.2) is 42.1 Å². The highest BCUT2D eigenvalue weighted by molar-refractivity contribution is 6.35. The van der Waals surface area contributed by atoms with E-state index in [0.717, 1.165) is 48.2 Å². The Bertz CT molecular complexity index is 1080. The Labute approximate surface area is 175 Å². The third kappa shape index (κ3) is 3.03. The summed E-state index contributed by atoms with van der Waals surface area (Å²) >= 11 is 0. The van der Waals surface area contributed by atoms with Gasteiger partial charge in [-0.1, -0.05) is 24.3 Å². The highest BCUT2D eigenvalue weighted by Gasteiger charge is 2.42. The molecule has 3 aliphatic rings. The van der Waals surface area contributed by atoms with E-state index in [0.29, 0.717) is 22.8 Å². The Morgan fingerprint density at radius 2 is 1.63 bits per heavy atom. The topological polar surface area (TPSA) is 59.1 Å². The molecule has 6 nitrogen and oxygen atoms in total. The molecule has 0 saturated carbocycles. The van der Waals surface area contributed by atoms with Crippen LogP contribution in [-0.2, 0) is 16.1 Å². The van der Waals surface area contributed by atoms with Crippen LogP contribution in [0.25, 0.3) is 5.57 Å². The van der Waals surface area contributed by atoms with Crippen LogP contribution in [0.3, 0.4) is 0 Å². The van der Waals surface area contributed by atoms with Gasteiger partial charge < -0.3 is 14.4 Å². The van der Waals surface area contributed by atoms with Crippen LogP contribution >= 0.6 is 0 Å². The van der Waals surface area contributed by atoms with Crippen molar-refractivity contribution in [3.63, 3.8) is 0 Å². The molecular weight excluding hydrogens is 380 g/mol. The van der Waals surface area contributed by atoms with Crippen LogP contribution in [0.4, 0.5) is 0 Å². The molecule has 3 aliphatic heterocycles. The van der Waals surface area contributed by atoms with Crippen LogP contribution in [0.2, 0.25) is 0 Å². The number of amides is 2. The molecule has 0 bridgehead atoms. The van der Waals surface area contributed by atoms with E-state index in [1.807, 2.05) is 50.2 Å². The molecule has 2 aromatic rings. The largest absolute Gasteiger partial charge is 0.454 e. The lowest BCUT2D eigenvalue weighted by molar-refractivity contribution is -0.138. The number of nitrogens with zero attached hydrogens (tertiary/aromatic N) is 2. The summed E-state index contributed by atoms with van der Waals surface area (Å²) < 4.78 is 10.8. The fourth-order valence-corrected chi connectivity index (χ4v) is 4.32. The zero-order chi connectivity index (χ0) is 20.8. The molecule has 0 atom stereocenters. The highest BCUT2D eigenvalue weighted by atomic mass is 16.7. The number of ether oxygens (including phenoxy) is 2. The standard InChI is InChI=1S/C24H24N2O4/c1-15-5-7-18(11-16(15)2)21-22(25-9-3-4-10-25)24(28)26(23(21)27)13-17-6-8-19-20(12-17)30-14-29-19/h5-8,11-12H,3-4,9-10,13-14H2,1-2H3. The van der Waals surface area contributed by atoms with E-state index >= 15 is 0 Å². The van der Waals surface area contributed by atoms with E-state index < -0.39 is 0 Å². The number of carbonyl (C=O) groups is 2. The predicted octanol–water partition coefficient (Wildman–Crippen LogP) is 3.41. The summed E-state index contributed by atoms with van der Waals surface area (Å²) in [5.41, 5.74) is 4.98. The summed E-state index contributed by atoms with van der Waals surface area (Å²) in [6.07, 6.45) is 2.07. The minimum absolute atomic E-state index is 0.192. The van der Waals surface area contributed by atoms with Gasteiger partial charge in [0.05, 0.1) is 12.1 Å². The normalized spacial score (nSPS) is 18.2. The van der Waals surface area contributed by atoms with Crippen LogP contribution in [0, 0.1) is 13.8 Å². The van der Waals surface area contributed by atoms with Crippen molar-refractivity contribution in [2.75, 3.05) is 19.9 Å². The smallest absolute Gasteiger partial charge is 0.278 e. The number of benzene rings is 2. The quantitative estimate of drug-likeness (QED) is 0.731. The minimum atomic E-state index is -0.234. The van der Waals surface area contributed by atoms with Gasteiger partial charge in [-0.3, -0.25) is 14.5 Å². The summed E-state index contributed by atoms with van der Waals surface area (Å²) in [4.78, 5) is 30.3. The first-order valence-corrected chi connectivity index (χ1v) is 10.3. The molecule has 6 heteroatoms. The number of carbonyl (C=O) groups excluding carboxylic acids is 2. The van der Waals surface area contributed by atoms with Gasteiger partial charge in [-0.15, -0.1) is 0 Å². The molecule has 154 valence electrons. The number of imide groups is 1. The van der Waals surface area contributed by atoms with Crippen LogP contribution in [-0.4, -0.2) is 41.5 Å². The number of likely N-dealkylation sites (tertiary alicyclic amines) is 1. The molecule has 0 aromatic heterocycles. The van der Waals surface area contributed by atoms with Crippen molar-refractivity contribution in [2.45, 2.75) is 33.2 Å². The van der Waals surface area contributed by atoms with Crippen molar-refractivity contribution in [1.29, 1.82) is 0 Å². The van der Waals surface area contributed by atoms with Gasteiger partial charge in [0.2, 0.25) is 6.79 Å².